The van der Waals surface area contributed by atoms with Gasteiger partial charge in [0, 0.05) is 28.5 Å². The standard InChI is InChI=1S/C31H22N2O2/c1-35-24-17-15-21(16-18-24)30-22(20-33(32-30)23-9-3-2-4-10-23)19-29-25-11-5-7-13-27(25)31(34)28-14-8-6-12-26(28)29/h2-20H,1H3. The molecule has 0 atom stereocenters. The summed E-state index contributed by atoms with van der Waals surface area (Å²) < 4.78 is 7.25. The lowest BCUT2D eigenvalue weighted by molar-refractivity contribution is 0.103. The van der Waals surface area contributed by atoms with E-state index >= 15 is 0 Å². The number of aromatic nitrogens is 2. The predicted molar refractivity (Wildman–Crippen MR) is 139 cm³/mol. The number of ether oxygens (including phenoxy) is 1. The molecule has 1 aliphatic carbocycles. The number of para-hydroxylation sites is 1. The highest BCUT2D eigenvalue weighted by Crippen LogP contribution is 2.38. The van der Waals surface area contributed by atoms with Crippen LogP contribution in [0.15, 0.2) is 109 Å². The van der Waals surface area contributed by atoms with Gasteiger partial charge in [0.1, 0.15) is 5.75 Å². The maximum absolute atomic E-state index is 13.2. The van der Waals surface area contributed by atoms with Gasteiger partial charge >= 0.3 is 0 Å². The minimum absolute atomic E-state index is 0.0590. The number of carbonyl (C=O) groups excluding carboxylic acids is 1. The number of ketones is 1. The molecule has 6 rings (SSSR count). The number of nitrogens with zero attached hydrogens (tertiary/aromatic N) is 2. The Bertz CT molecular complexity index is 1530. The lowest BCUT2D eigenvalue weighted by Crippen LogP contribution is -2.14. The van der Waals surface area contributed by atoms with Gasteiger partial charge in [-0.05, 0) is 59.2 Å². The Morgan fingerprint density at radius 2 is 1.29 bits per heavy atom. The van der Waals surface area contributed by atoms with E-state index in [1.54, 1.807) is 7.11 Å². The molecule has 1 aliphatic rings. The van der Waals surface area contributed by atoms with Crippen LogP contribution in [-0.2, 0) is 0 Å². The molecule has 168 valence electrons. The van der Waals surface area contributed by atoms with Crippen molar-refractivity contribution in [3.63, 3.8) is 0 Å². The summed E-state index contributed by atoms with van der Waals surface area (Å²) in [5, 5.41) is 4.96. The first kappa shape index (κ1) is 20.9. The first-order valence-electron chi connectivity index (χ1n) is 11.5. The van der Waals surface area contributed by atoms with E-state index in [-0.39, 0.29) is 5.78 Å². The molecule has 0 unspecified atom stereocenters. The second-order valence-corrected chi connectivity index (χ2v) is 8.42. The zero-order valence-electron chi connectivity index (χ0n) is 19.2. The van der Waals surface area contributed by atoms with Crippen LogP contribution < -0.4 is 4.74 Å². The average molecular weight is 455 g/mol. The van der Waals surface area contributed by atoms with Gasteiger partial charge < -0.3 is 4.74 Å². The van der Waals surface area contributed by atoms with Crippen molar-refractivity contribution in [2.75, 3.05) is 7.11 Å². The summed E-state index contributed by atoms with van der Waals surface area (Å²) in [7, 11) is 1.66. The van der Waals surface area contributed by atoms with Gasteiger partial charge in [-0.3, -0.25) is 4.79 Å². The fourth-order valence-corrected chi connectivity index (χ4v) is 4.61. The lowest BCUT2D eigenvalue weighted by Gasteiger charge is -2.21. The van der Waals surface area contributed by atoms with Crippen LogP contribution in [0.4, 0.5) is 0 Å². The van der Waals surface area contributed by atoms with E-state index in [9.17, 15) is 4.79 Å². The minimum atomic E-state index is 0.0590. The van der Waals surface area contributed by atoms with E-state index in [4.69, 9.17) is 9.84 Å². The maximum atomic E-state index is 13.2. The molecule has 4 aromatic carbocycles. The van der Waals surface area contributed by atoms with E-state index in [2.05, 4.69) is 6.08 Å². The predicted octanol–water partition coefficient (Wildman–Crippen LogP) is 6.68. The molecule has 0 amide bonds. The molecule has 1 aromatic heterocycles. The summed E-state index contributed by atoms with van der Waals surface area (Å²) in [5.74, 6) is 0.855. The molecule has 0 N–H and O–H groups in total. The molecular weight excluding hydrogens is 432 g/mol. The lowest BCUT2D eigenvalue weighted by atomic mass is 9.80. The number of methoxy groups -OCH3 is 1. The van der Waals surface area contributed by atoms with Gasteiger partial charge in [0.25, 0.3) is 0 Å². The van der Waals surface area contributed by atoms with Crippen molar-refractivity contribution in [1.29, 1.82) is 0 Å². The highest BCUT2D eigenvalue weighted by molar-refractivity contribution is 6.20. The van der Waals surface area contributed by atoms with Crippen LogP contribution in [0.25, 0.3) is 28.6 Å². The molecule has 5 aromatic rings. The Morgan fingerprint density at radius 1 is 0.714 bits per heavy atom. The zero-order chi connectivity index (χ0) is 23.8. The summed E-state index contributed by atoms with van der Waals surface area (Å²) >= 11 is 0. The number of benzene rings is 4. The Balaban J connectivity index is 1.59. The fraction of sp³-hybridized carbons (Fsp3) is 0.0323. The normalized spacial score (nSPS) is 12.1. The molecule has 35 heavy (non-hydrogen) atoms. The summed E-state index contributed by atoms with van der Waals surface area (Å²) in [6.45, 7) is 0. The highest BCUT2D eigenvalue weighted by atomic mass is 16.5. The molecule has 0 fully saturated rings. The number of hydrogen-bond acceptors (Lipinski definition) is 3. The minimum Gasteiger partial charge on any atom is -0.497 e. The van der Waals surface area contributed by atoms with Gasteiger partial charge in [0.2, 0.25) is 0 Å². The Hall–Kier alpha value is -4.70. The number of fused-ring (bicyclic) bond motifs is 2. The van der Waals surface area contributed by atoms with E-state index < -0.39 is 0 Å². The molecular formula is C31H22N2O2. The van der Waals surface area contributed by atoms with E-state index in [0.717, 1.165) is 56.1 Å². The Labute approximate surface area is 203 Å². The van der Waals surface area contributed by atoms with Gasteiger partial charge in [-0.15, -0.1) is 0 Å². The molecule has 4 heteroatoms. The van der Waals surface area contributed by atoms with Crippen LogP contribution in [-0.4, -0.2) is 22.7 Å². The maximum Gasteiger partial charge on any atom is 0.194 e. The van der Waals surface area contributed by atoms with Crippen LogP contribution in [0.1, 0.15) is 32.6 Å². The smallest absolute Gasteiger partial charge is 0.194 e. The van der Waals surface area contributed by atoms with Gasteiger partial charge in [-0.2, -0.15) is 5.10 Å². The molecule has 0 saturated heterocycles. The third kappa shape index (κ3) is 3.65. The van der Waals surface area contributed by atoms with Gasteiger partial charge in [-0.1, -0.05) is 66.7 Å². The molecule has 0 radical (unpaired) electrons. The first-order chi connectivity index (χ1) is 17.2. The zero-order valence-corrected chi connectivity index (χ0v) is 19.2. The quantitative estimate of drug-likeness (QED) is 0.298. The second kappa shape index (κ2) is 8.58. The van der Waals surface area contributed by atoms with Crippen molar-refractivity contribution in [3.8, 4) is 22.7 Å². The Kier molecular flexibility index (Phi) is 5.12. The molecule has 0 saturated carbocycles. The largest absolute Gasteiger partial charge is 0.497 e. The van der Waals surface area contributed by atoms with Gasteiger partial charge in [0.05, 0.1) is 18.5 Å². The number of rotatable bonds is 4. The summed E-state index contributed by atoms with van der Waals surface area (Å²) in [4.78, 5) is 13.2. The summed E-state index contributed by atoms with van der Waals surface area (Å²) in [5.41, 5.74) is 8.11. The second-order valence-electron chi connectivity index (χ2n) is 8.42. The number of hydrogen-bond donors (Lipinski definition) is 0. The average Bonchev–Trinajstić information content (AvgIpc) is 3.35. The summed E-state index contributed by atoms with van der Waals surface area (Å²) in [6.07, 6.45) is 4.19. The van der Waals surface area contributed by atoms with E-state index in [1.165, 1.54) is 0 Å². The van der Waals surface area contributed by atoms with Crippen molar-refractivity contribution in [3.05, 3.63) is 137 Å². The monoisotopic (exact) mass is 454 g/mol. The van der Waals surface area contributed by atoms with E-state index in [1.807, 2.05) is 114 Å². The third-order valence-corrected chi connectivity index (χ3v) is 6.35. The third-order valence-electron chi connectivity index (χ3n) is 6.35. The van der Waals surface area contributed by atoms with E-state index in [0.29, 0.717) is 0 Å². The molecule has 0 aliphatic heterocycles. The van der Waals surface area contributed by atoms with Gasteiger partial charge in [-0.25, -0.2) is 4.68 Å². The topological polar surface area (TPSA) is 44.1 Å². The fourth-order valence-electron chi connectivity index (χ4n) is 4.61. The SMILES string of the molecule is COc1ccc(-c2nn(-c3ccccc3)cc2C=C2c3ccccc3C(=O)c3ccccc32)cc1. The van der Waals surface area contributed by atoms with Crippen molar-refractivity contribution >= 4 is 17.4 Å². The van der Waals surface area contributed by atoms with Crippen molar-refractivity contribution in [2.45, 2.75) is 0 Å². The van der Waals surface area contributed by atoms with Crippen LogP contribution in [0.5, 0.6) is 5.75 Å². The summed E-state index contributed by atoms with van der Waals surface area (Å²) in [6, 6.07) is 33.6. The molecule has 1 heterocycles. The molecule has 4 nitrogen and oxygen atoms in total. The Morgan fingerprint density at radius 3 is 1.89 bits per heavy atom. The van der Waals surface area contributed by atoms with Crippen LogP contribution in [0, 0.1) is 0 Å². The van der Waals surface area contributed by atoms with Crippen molar-refractivity contribution in [1.82, 2.24) is 9.78 Å². The number of carbonyl (C=O) groups is 1. The molecule has 0 spiro atoms. The van der Waals surface area contributed by atoms with Crippen LogP contribution >= 0.6 is 0 Å². The van der Waals surface area contributed by atoms with Crippen LogP contribution in [0.2, 0.25) is 0 Å². The van der Waals surface area contributed by atoms with Crippen molar-refractivity contribution in [2.24, 2.45) is 0 Å². The van der Waals surface area contributed by atoms with Gasteiger partial charge in [0.15, 0.2) is 5.78 Å². The highest BCUT2D eigenvalue weighted by Gasteiger charge is 2.26. The van der Waals surface area contributed by atoms with Crippen molar-refractivity contribution < 1.29 is 9.53 Å². The first-order valence-corrected chi connectivity index (χ1v) is 11.5. The van der Waals surface area contributed by atoms with Crippen LogP contribution in [0.3, 0.4) is 0 Å². The molecule has 0 bridgehead atoms.